The summed E-state index contributed by atoms with van der Waals surface area (Å²) < 4.78 is 0. The monoisotopic (exact) mass is 420 g/mol. The smallest absolute Gasteiger partial charge is 0.223 e. The van der Waals surface area contributed by atoms with Gasteiger partial charge in [0.1, 0.15) is 6.17 Å². The highest BCUT2D eigenvalue weighted by Crippen LogP contribution is 2.29. The Labute approximate surface area is 174 Å². The molecular formula is C20H22Cl2N4O2. The highest BCUT2D eigenvalue weighted by atomic mass is 35.5. The molecule has 2 atom stereocenters. The Morgan fingerprint density at radius 3 is 2.75 bits per heavy atom. The first-order valence-electron chi connectivity index (χ1n) is 9.06. The highest BCUT2D eigenvalue weighted by molar-refractivity contribution is 6.31. The topological polar surface area (TPSA) is 83.1 Å². The van der Waals surface area contributed by atoms with Gasteiger partial charge < -0.3 is 10.6 Å². The Morgan fingerprint density at radius 2 is 2.07 bits per heavy atom. The lowest BCUT2D eigenvalue weighted by molar-refractivity contribution is -0.125. The van der Waals surface area contributed by atoms with E-state index in [1.165, 1.54) is 0 Å². The molecule has 28 heavy (non-hydrogen) atoms. The average Bonchev–Trinajstić information content (AvgIpc) is 2.67. The summed E-state index contributed by atoms with van der Waals surface area (Å²) in [4.78, 5) is 28.4. The van der Waals surface area contributed by atoms with Crippen LogP contribution in [0.1, 0.15) is 49.3 Å². The lowest BCUT2D eigenvalue weighted by Gasteiger charge is -2.32. The van der Waals surface area contributed by atoms with E-state index in [0.717, 1.165) is 16.8 Å². The molecule has 2 heterocycles. The van der Waals surface area contributed by atoms with Crippen molar-refractivity contribution >= 4 is 35.0 Å². The van der Waals surface area contributed by atoms with Crippen LogP contribution in [0.15, 0.2) is 36.5 Å². The zero-order chi connectivity index (χ0) is 20.3. The van der Waals surface area contributed by atoms with Crippen molar-refractivity contribution in [3.8, 4) is 0 Å². The molecule has 2 amide bonds. The molecular weight excluding hydrogens is 399 g/mol. The Bertz CT molecular complexity index is 871. The normalized spacial score (nSPS) is 19.4. The number of hydrogen-bond acceptors (Lipinski definition) is 4. The molecule has 1 fully saturated rings. The summed E-state index contributed by atoms with van der Waals surface area (Å²) in [5.74, 6) is -0.201. The van der Waals surface area contributed by atoms with E-state index in [4.69, 9.17) is 23.2 Å². The third kappa shape index (κ3) is 5.01. The SMILES string of the molecule is CC(C)C(=O)NCc1ccc(Cl)c(C2NC(=O)CC(c3ccc(Cl)cn3)N2)c1. The fraction of sp³-hybridized carbons (Fsp3) is 0.350. The number of hydrogen-bond donors (Lipinski definition) is 3. The van der Waals surface area contributed by atoms with Crippen molar-refractivity contribution in [2.75, 3.05) is 0 Å². The van der Waals surface area contributed by atoms with Gasteiger partial charge in [-0.15, -0.1) is 0 Å². The lowest BCUT2D eigenvalue weighted by atomic mass is 10.0. The highest BCUT2D eigenvalue weighted by Gasteiger charge is 2.29. The summed E-state index contributed by atoms with van der Waals surface area (Å²) in [6.07, 6.45) is 1.37. The first-order valence-corrected chi connectivity index (χ1v) is 9.82. The summed E-state index contributed by atoms with van der Waals surface area (Å²) in [5.41, 5.74) is 2.38. The second-order valence-electron chi connectivity index (χ2n) is 7.05. The van der Waals surface area contributed by atoms with Gasteiger partial charge in [-0.1, -0.05) is 43.1 Å². The molecule has 0 radical (unpaired) electrons. The maximum atomic E-state index is 12.3. The van der Waals surface area contributed by atoms with Crippen molar-refractivity contribution in [1.82, 2.24) is 20.9 Å². The Kier molecular flexibility index (Phi) is 6.54. The van der Waals surface area contributed by atoms with Gasteiger partial charge in [-0.05, 0) is 29.8 Å². The maximum Gasteiger partial charge on any atom is 0.223 e. The summed E-state index contributed by atoms with van der Waals surface area (Å²) in [6, 6.07) is 8.81. The number of carbonyl (C=O) groups is 2. The second kappa shape index (κ2) is 8.90. The van der Waals surface area contributed by atoms with Gasteiger partial charge >= 0.3 is 0 Å². The van der Waals surface area contributed by atoms with Gasteiger partial charge in [0, 0.05) is 35.7 Å². The lowest BCUT2D eigenvalue weighted by Crippen LogP contribution is -2.47. The third-order valence-corrected chi connectivity index (χ3v) is 5.10. The van der Waals surface area contributed by atoms with Gasteiger partial charge in [0.15, 0.2) is 0 Å². The van der Waals surface area contributed by atoms with Gasteiger partial charge in [0.25, 0.3) is 0 Å². The number of halogens is 2. The fourth-order valence-electron chi connectivity index (χ4n) is 2.98. The summed E-state index contributed by atoms with van der Waals surface area (Å²) in [5, 5.41) is 10.3. The number of carbonyl (C=O) groups excluding carboxylic acids is 2. The number of benzene rings is 1. The number of rotatable bonds is 5. The third-order valence-electron chi connectivity index (χ3n) is 4.53. The zero-order valence-electron chi connectivity index (χ0n) is 15.6. The summed E-state index contributed by atoms with van der Waals surface area (Å²) in [7, 11) is 0. The van der Waals surface area contributed by atoms with E-state index in [1.54, 1.807) is 24.4 Å². The fourth-order valence-corrected chi connectivity index (χ4v) is 3.31. The van der Waals surface area contributed by atoms with Gasteiger partial charge in [-0.3, -0.25) is 19.9 Å². The average molecular weight is 421 g/mol. The van der Waals surface area contributed by atoms with Gasteiger partial charge in [-0.2, -0.15) is 0 Å². The van der Waals surface area contributed by atoms with Gasteiger partial charge in [0.2, 0.25) is 11.8 Å². The molecule has 8 heteroatoms. The van der Waals surface area contributed by atoms with Crippen molar-refractivity contribution < 1.29 is 9.59 Å². The number of nitrogens with zero attached hydrogens (tertiary/aromatic N) is 1. The molecule has 1 aromatic heterocycles. The molecule has 3 rings (SSSR count). The predicted molar refractivity (Wildman–Crippen MR) is 109 cm³/mol. The zero-order valence-corrected chi connectivity index (χ0v) is 17.1. The molecule has 0 bridgehead atoms. The van der Waals surface area contributed by atoms with E-state index in [2.05, 4.69) is 20.9 Å². The second-order valence-corrected chi connectivity index (χ2v) is 7.90. The van der Waals surface area contributed by atoms with Crippen molar-refractivity contribution in [2.24, 2.45) is 5.92 Å². The summed E-state index contributed by atoms with van der Waals surface area (Å²) >= 11 is 12.3. The largest absolute Gasteiger partial charge is 0.352 e. The molecule has 1 aliphatic heterocycles. The molecule has 1 aliphatic rings. The molecule has 3 N–H and O–H groups in total. The first kappa shape index (κ1) is 20.6. The van der Waals surface area contributed by atoms with Crippen molar-refractivity contribution in [3.05, 3.63) is 63.4 Å². The predicted octanol–water partition coefficient (Wildman–Crippen LogP) is 3.51. The van der Waals surface area contributed by atoms with E-state index in [1.807, 2.05) is 26.0 Å². The van der Waals surface area contributed by atoms with Crippen LogP contribution in [0.4, 0.5) is 0 Å². The molecule has 2 unspecified atom stereocenters. The molecule has 1 saturated heterocycles. The molecule has 1 aromatic carbocycles. The Hall–Kier alpha value is -2.15. The first-order chi connectivity index (χ1) is 13.3. The van der Waals surface area contributed by atoms with Crippen molar-refractivity contribution in [2.45, 2.75) is 39.0 Å². The van der Waals surface area contributed by atoms with Crippen LogP contribution in [0.3, 0.4) is 0 Å². The molecule has 0 spiro atoms. The van der Waals surface area contributed by atoms with Crippen molar-refractivity contribution in [3.63, 3.8) is 0 Å². The van der Waals surface area contributed by atoms with Crippen LogP contribution in [0, 0.1) is 5.92 Å². The van der Waals surface area contributed by atoms with Crippen LogP contribution in [0.25, 0.3) is 0 Å². The Morgan fingerprint density at radius 1 is 1.29 bits per heavy atom. The minimum Gasteiger partial charge on any atom is -0.352 e. The minimum absolute atomic E-state index is 0.0190. The summed E-state index contributed by atoms with van der Waals surface area (Å²) in [6.45, 7) is 4.08. The van der Waals surface area contributed by atoms with Gasteiger partial charge in [-0.25, -0.2) is 0 Å². The van der Waals surface area contributed by atoms with E-state index < -0.39 is 6.17 Å². The van der Waals surface area contributed by atoms with E-state index >= 15 is 0 Å². The Balaban J connectivity index is 1.79. The quantitative estimate of drug-likeness (QED) is 0.690. The molecule has 0 saturated carbocycles. The van der Waals surface area contributed by atoms with Crippen LogP contribution in [0.5, 0.6) is 0 Å². The van der Waals surface area contributed by atoms with Crippen LogP contribution in [-0.2, 0) is 16.1 Å². The number of nitrogens with one attached hydrogen (secondary N) is 3. The van der Waals surface area contributed by atoms with E-state index in [-0.39, 0.29) is 30.2 Å². The minimum atomic E-state index is -0.461. The van der Waals surface area contributed by atoms with E-state index in [9.17, 15) is 9.59 Å². The molecule has 0 aliphatic carbocycles. The number of pyridine rings is 1. The standard InChI is InChI=1S/C20H22Cl2N4O2/c1-11(2)20(28)24-9-12-3-5-15(22)14(7-12)19-25-17(8-18(27)26-19)16-6-4-13(21)10-23-16/h3-7,10-11,17,19,25H,8-9H2,1-2H3,(H,24,28)(H,26,27). The van der Waals surface area contributed by atoms with Crippen molar-refractivity contribution in [1.29, 1.82) is 0 Å². The van der Waals surface area contributed by atoms with E-state index in [0.29, 0.717) is 16.6 Å². The van der Waals surface area contributed by atoms with Crippen LogP contribution in [-0.4, -0.2) is 16.8 Å². The maximum absolute atomic E-state index is 12.3. The number of amides is 2. The van der Waals surface area contributed by atoms with Gasteiger partial charge in [0.05, 0.1) is 16.8 Å². The number of aromatic nitrogens is 1. The van der Waals surface area contributed by atoms with Crippen LogP contribution in [0.2, 0.25) is 10.0 Å². The molecule has 6 nitrogen and oxygen atoms in total. The van der Waals surface area contributed by atoms with Crippen LogP contribution >= 0.6 is 23.2 Å². The molecule has 2 aromatic rings. The molecule has 148 valence electrons. The van der Waals surface area contributed by atoms with Crippen LogP contribution < -0.4 is 16.0 Å².